The first-order chi connectivity index (χ1) is 62.2. The molecule has 0 saturated carbocycles. The Morgan fingerprint density at radius 3 is 1.00 bits per heavy atom. The second-order valence-corrected chi connectivity index (χ2v) is 31.0. The fourth-order valence-electron chi connectivity index (χ4n) is 15.0. The molecular formula is C102H91F6N13O8. The van der Waals surface area contributed by atoms with Crippen LogP contribution in [0.3, 0.4) is 0 Å². The average molecular weight is 1740 g/mol. The van der Waals surface area contributed by atoms with Gasteiger partial charge in [-0.1, -0.05) is 106 Å². The second-order valence-electron chi connectivity index (χ2n) is 31.0. The number of nitrogens with zero attached hydrogens (tertiary/aromatic N) is 9. The minimum absolute atomic E-state index is 0.0588. The zero-order chi connectivity index (χ0) is 91.7. The molecule has 4 amide bonds. The number of rotatable bonds is 27. The van der Waals surface area contributed by atoms with Crippen molar-refractivity contribution in [2.75, 3.05) is 28.4 Å². The summed E-state index contributed by atoms with van der Waals surface area (Å²) in [5.41, 5.74) is 39.2. The van der Waals surface area contributed by atoms with E-state index in [1.54, 1.807) is 92.4 Å². The lowest BCUT2D eigenvalue weighted by Crippen LogP contribution is -2.13. The van der Waals surface area contributed by atoms with Crippen LogP contribution in [0.4, 0.5) is 26.3 Å². The summed E-state index contributed by atoms with van der Waals surface area (Å²) in [4.78, 5) is 86.3. The van der Waals surface area contributed by atoms with Crippen molar-refractivity contribution in [3.05, 3.63) is 351 Å². The lowest BCUT2D eigenvalue weighted by molar-refractivity contribution is 0.0987. The van der Waals surface area contributed by atoms with Crippen molar-refractivity contribution in [2.24, 2.45) is 22.9 Å². The topological polar surface area (TPSA) is 325 Å². The summed E-state index contributed by atoms with van der Waals surface area (Å²) in [6, 6.07) is 62.0. The van der Waals surface area contributed by atoms with Gasteiger partial charge in [0.1, 0.15) is 77.5 Å². The Hall–Kier alpha value is -15.4. The smallest absolute Gasteiger partial charge is 0.267 e. The van der Waals surface area contributed by atoms with Crippen molar-refractivity contribution < 1.29 is 64.5 Å². The van der Waals surface area contributed by atoms with Gasteiger partial charge >= 0.3 is 0 Å². The quantitative estimate of drug-likeness (QED) is 0.0348. The number of hydrogen-bond donors (Lipinski definition) is 4. The van der Waals surface area contributed by atoms with Gasteiger partial charge in [0.05, 0.1) is 67.6 Å². The van der Waals surface area contributed by atoms with Crippen LogP contribution < -0.4 is 41.9 Å². The molecule has 8 heterocycles. The molecule has 0 aliphatic heterocycles. The largest absolute Gasteiger partial charge is 0.497 e. The van der Waals surface area contributed by atoms with Crippen molar-refractivity contribution in [1.29, 1.82) is 0 Å². The highest BCUT2D eigenvalue weighted by molar-refractivity contribution is 6.05. The first kappa shape index (κ1) is 91.3. The molecular weight excluding hydrogens is 1650 g/mol. The lowest BCUT2D eigenvalue weighted by atomic mass is 9.91. The first-order valence-electron chi connectivity index (χ1n) is 41.1. The summed E-state index contributed by atoms with van der Waals surface area (Å²) in [6.07, 6.45) is 12.4. The van der Waals surface area contributed by atoms with Gasteiger partial charge in [0.15, 0.2) is 11.6 Å². The third kappa shape index (κ3) is 22.3. The number of aryl methyl sites for hydroxylation is 3. The van der Waals surface area contributed by atoms with Crippen LogP contribution in [0.5, 0.6) is 23.0 Å². The van der Waals surface area contributed by atoms with E-state index >= 15 is 0 Å². The van der Waals surface area contributed by atoms with E-state index < -0.39 is 61.1 Å². The highest BCUT2D eigenvalue weighted by atomic mass is 19.1. The van der Waals surface area contributed by atoms with Gasteiger partial charge in [0.2, 0.25) is 0 Å². The number of alkyl halides is 3. The SMILES string of the molecule is COc1ccc(-c2cc(C(N)=O)nc3cc(C(C)Cc4ccc(CF)nc4)ccc23)c(F)c1.COc1ccc(-c2cc(C(N)=O)nc3cc(C(C)Cc4ccc(CF)nc4)ccc23)c(F)c1.COc1ccc(-c2cc(C(N)=O)nc3cc(C(C)Cc4ccc(CF)nc4)ccc23)cc1.COc1ccc(-c2cc(C(N)=O)nc3cc(CCc4cnc(C)nc4)ccc23)cc1F. The van der Waals surface area contributed by atoms with Gasteiger partial charge in [0, 0.05) is 75.8 Å². The molecule has 8 aromatic heterocycles. The predicted molar refractivity (Wildman–Crippen MR) is 487 cm³/mol. The minimum Gasteiger partial charge on any atom is -0.497 e. The molecule has 16 rings (SSSR count). The van der Waals surface area contributed by atoms with E-state index in [9.17, 15) is 45.5 Å². The van der Waals surface area contributed by atoms with Crippen molar-refractivity contribution >= 4 is 67.2 Å². The maximum atomic E-state index is 14.8. The summed E-state index contributed by atoms with van der Waals surface area (Å²) < 4.78 is 103. The Morgan fingerprint density at radius 1 is 0.318 bits per heavy atom. The van der Waals surface area contributed by atoms with Gasteiger partial charge in [0.25, 0.3) is 23.6 Å². The van der Waals surface area contributed by atoms with Crippen molar-refractivity contribution in [3.63, 3.8) is 0 Å². The summed E-state index contributed by atoms with van der Waals surface area (Å²) >= 11 is 0. The number of carbonyl (C=O) groups excluding carboxylic acids is 4. The van der Waals surface area contributed by atoms with E-state index in [0.717, 1.165) is 97.2 Å². The molecule has 0 spiro atoms. The lowest BCUT2D eigenvalue weighted by Gasteiger charge is -2.15. The summed E-state index contributed by atoms with van der Waals surface area (Å²) in [7, 11) is 5.97. The molecule has 0 fully saturated rings. The van der Waals surface area contributed by atoms with Gasteiger partial charge in [-0.15, -0.1) is 0 Å². The standard InChI is InChI=1S/2C26H23F2N3O2.C26H24FN3O2.C24H21FN4O2/c2*1-15(9-16-3-5-18(13-27)30-14-16)17-4-7-21-22(12-25(26(29)32)31-24(21)10-17)20-8-6-19(33-2)11-23(20)28;1-16(11-17-3-7-20(14-27)29-15-17)19-6-10-22-23(18-4-8-21(32-2)9-5-18)13-25(26(28)31)30-24(22)12-19;1-14-27-12-16(13-28-14)4-3-15-5-7-18-19(11-22(24(26)30)29-21(18)9-15)17-6-8-23(31-2)20(25)10-17/h2*3-8,10-12,14-15H,9,13H2,1-2H3,(H2,29,32);3-10,12-13,15-16H,11,14H2,1-2H3,(H2,28,31);5-13H,3-4H2,1-2H3,(H2,26,30). The maximum absolute atomic E-state index is 14.8. The fraction of sp³-hybridized carbons (Fsp3) is 0.186. The number of amides is 4. The third-order valence-electron chi connectivity index (χ3n) is 22.1. The molecule has 8 aromatic carbocycles. The van der Waals surface area contributed by atoms with Gasteiger partial charge < -0.3 is 41.9 Å². The Kier molecular flexibility index (Phi) is 29.4. The van der Waals surface area contributed by atoms with Gasteiger partial charge in [-0.2, -0.15) is 0 Å². The fourth-order valence-corrected chi connectivity index (χ4v) is 15.0. The molecule has 0 saturated heterocycles. The number of aromatic nitrogens is 9. The summed E-state index contributed by atoms with van der Waals surface area (Å²) in [5, 5.41) is 3.14. The highest BCUT2D eigenvalue weighted by Crippen LogP contribution is 2.40. The zero-order valence-corrected chi connectivity index (χ0v) is 71.9. The number of hydrogen-bond acceptors (Lipinski definition) is 17. The van der Waals surface area contributed by atoms with Crippen LogP contribution in [-0.4, -0.2) is 96.9 Å². The molecule has 3 atom stereocenters. The molecule has 8 N–H and O–H groups in total. The molecule has 0 aliphatic rings. The molecule has 21 nitrogen and oxygen atoms in total. The molecule has 3 unspecified atom stereocenters. The number of pyridine rings is 7. The van der Waals surface area contributed by atoms with E-state index in [1.807, 2.05) is 129 Å². The van der Waals surface area contributed by atoms with E-state index in [1.165, 1.54) is 51.7 Å². The third-order valence-corrected chi connectivity index (χ3v) is 22.1. The number of benzene rings is 8. The highest BCUT2D eigenvalue weighted by Gasteiger charge is 2.23. The molecule has 27 heteroatoms. The Morgan fingerprint density at radius 2 is 0.651 bits per heavy atom. The number of ether oxygens (including phenoxy) is 4. The van der Waals surface area contributed by atoms with E-state index in [4.69, 9.17) is 41.9 Å². The first-order valence-corrected chi connectivity index (χ1v) is 41.1. The number of methoxy groups -OCH3 is 4. The number of carbonyl (C=O) groups is 4. The number of halogens is 6. The normalized spacial score (nSPS) is 11.7. The van der Waals surface area contributed by atoms with Crippen LogP contribution in [0, 0.1) is 24.4 Å². The van der Waals surface area contributed by atoms with Crippen LogP contribution in [0.25, 0.3) is 88.1 Å². The molecule has 654 valence electrons. The number of nitrogens with two attached hydrogens (primary N) is 4. The van der Waals surface area contributed by atoms with Gasteiger partial charge in [-0.05, 0) is 250 Å². The predicted octanol–water partition coefficient (Wildman–Crippen LogP) is 20.0. The van der Waals surface area contributed by atoms with E-state index in [0.29, 0.717) is 108 Å². The zero-order valence-electron chi connectivity index (χ0n) is 71.9. The van der Waals surface area contributed by atoms with Crippen LogP contribution >= 0.6 is 0 Å². The Labute approximate surface area is 740 Å². The molecule has 0 aliphatic carbocycles. The Bertz CT molecular complexity index is 6590. The average Bonchev–Trinajstić information content (AvgIpc) is 0.775. The van der Waals surface area contributed by atoms with Crippen molar-refractivity contribution in [2.45, 2.75) is 97.6 Å². The number of fused-ring (bicyclic) bond motifs is 4. The molecule has 129 heavy (non-hydrogen) atoms. The van der Waals surface area contributed by atoms with E-state index in [-0.39, 0.29) is 46.3 Å². The molecule has 16 aromatic rings. The monoisotopic (exact) mass is 1740 g/mol. The summed E-state index contributed by atoms with van der Waals surface area (Å²) in [5.74, 6) is -1.19. The van der Waals surface area contributed by atoms with Gasteiger partial charge in [-0.25, -0.2) is 56.2 Å². The van der Waals surface area contributed by atoms with Crippen LogP contribution in [0.15, 0.2) is 243 Å². The Balaban J connectivity index is 0.000000147. The van der Waals surface area contributed by atoms with Crippen LogP contribution in [-0.2, 0) is 52.1 Å². The van der Waals surface area contributed by atoms with E-state index in [2.05, 4.69) is 71.7 Å². The van der Waals surface area contributed by atoms with Crippen LogP contribution in [0.2, 0.25) is 0 Å². The van der Waals surface area contributed by atoms with Crippen molar-refractivity contribution in [1.82, 2.24) is 44.9 Å². The summed E-state index contributed by atoms with van der Waals surface area (Å²) in [6.45, 7) is 6.34. The van der Waals surface area contributed by atoms with Crippen molar-refractivity contribution in [3.8, 4) is 67.5 Å². The molecule has 0 bridgehead atoms. The van der Waals surface area contributed by atoms with Gasteiger partial charge in [-0.3, -0.25) is 34.1 Å². The van der Waals surface area contributed by atoms with Crippen LogP contribution in [0.1, 0.15) is 148 Å². The second kappa shape index (κ2) is 41.6. The minimum atomic E-state index is -0.690. The molecule has 0 radical (unpaired) electrons. The maximum Gasteiger partial charge on any atom is 0.267 e. The number of primary amides is 4.